The zero-order valence-electron chi connectivity index (χ0n) is 31.2. The molecule has 0 aliphatic heterocycles. The number of hydrogen-bond acceptors (Lipinski definition) is 4. The second-order valence-corrected chi connectivity index (χ2v) is 14.8. The lowest BCUT2D eigenvalue weighted by Crippen LogP contribution is -2.10. The van der Waals surface area contributed by atoms with E-state index in [0.29, 0.717) is 5.89 Å². The summed E-state index contributed by atoms with van der Waals surface area (Å²) in [4.78, 5) is 7.36. The van der Waals surface area contributed by atoms with Crippen molar-refractivity contribution in [3.8, 4) is 28.3 Å². The molecule has 0 radical (unpaired) electrons. The summed E-state index contributed by atoms with van der Waals surface area (Å²) < 4.78 is 15.1. The highest BCUT2D eigenvalue weighted by atomic mass is 16.3. The van der Waals surface area contributed by atoms with E-state index in [1.807, 2.05) is 24.3 Å². The van der Waals surface area contributed by atoms with Crippen molar-refractivity contribution in [2.24, 2.45) is 0 Å². The first-order valence-corrected chi connectivity index (χ1v) is 19.5. The Morgan fingerprint density at radius 2 is 1.02 bits per heavy atom. The van der Waals surface area contributed by atoms with Gasteiger partial charge in [0, 0.05) is 55.2 Å². The van der Waals surface area contributed by atoms with Gasteiger partial charge in [0.15, 0.2) is 5.58 Å². The monoisotopic (exact) mass is 743 g/mol. The van der Waals surface area contributed by atoms with Crippen molar-refractivity contribution in [3.05, 3.63) is 200 Å². The van der Waals surface area contributed by atoms with E-state index < -0.39 is 0 Å². The van der Waals surface area contributed by atoms with Crippen molar-refractivity contribution >= 4 is 82.7 Å². The van der Waals surface area contributed by atoms with Gasteiger partial charge in [0.2, 0.25) is 5.89 Å². The number of para-hydroxylation sites is 2. The fraction of sp³-hybridized carbons (Fsp3) is 0. The van der Waals surface area contributed by atoms with Gasteiger partial charge in [-0.1, -0.05) is 121 Å². The molecule has 5 nitrogen and oxygen atoms in total. The third-order valence-electron chi connectivity index (χ3n) is 11.4. The summed E-state index contributed by atoms with van der Waals surface area (Å²) in [6.07, 6.45) is 0. The van der Waals surface area contributed by atoms with Crippen LogP contribution in [0.15, 0.2) is 209 Å². The molecule has 0 N–H and O–H groups in total. The van der Waals surface area contributed by atoms with E-state index in [1.165, 1.54) is 32.6 Å². The Balaban J connectivity index is 1.06. The Bertz CT molecular complexity index is 3510. The topological polar surface area (TPSA) is 47.3 Å². The molecule has 3 aromatic heterocycles. The largest absolute Gasteiger partial charge is 0.456 e. The van der Waals surface area contributed by atoms with E-state index in [9.17, 15) is 0 Å². The Morgan fingerprint density at radius 3 is 1.86 bits per heavy atom. The molecule has 272 valence electrons. The normalized spacial score (nSPS) is 11.8. The molecule has 0 amide bonds. The first-order chi connectivity index (χ1) is 28.7. The van der Waals surface area contributed by atoms with Gasteiger partial charge in [0.25, 0.3) is 0 Å². The van der Waals surface area contributed by atoms with Crippen LogP contribution in [0.2, 0.25) is 0 Å². The minimum Gasteiger partial charge on any atom is -0.456 e. The van der Waals surface area contributed by atoms with E-state index >= 15 is 0 Å². The molecule has 0 saturated carbocycles. The van der Waals surface area contributed by atoms with Gasteiger partial charge >= 0.3 is 0 Å². The zero-order chi connectivity index (χ0) is 38.2. The number of benzene rings is 9. The highest BCUT2D eigenvalue weighted by Gasteiger charge is 2.21. The standard InChI is InChI=1S/C53H33N3O2/c1-3-11-34(12-4-1)35-19-21-37(22-20-35)53-54-47-32-40(26-30-51(47)58-53)55(39-25-29-50-46(31-39)44-17-9-10-18-49(44)57-50)41-24-28-43-45-27-23-36-13-7-8-16-42(36)52(45)56(48(43)33-41)38-14-5-2-6-15-38/h1-33H. The number of oxazole rings is 1. The number of fused-ring (bicyclic) bond motifs is 9. The summed E-state index contributed by atoms with van der Waals surface area (Å²) in [6, 6.07) is 70.4. The van der Waals surface area contributed by atoms with Gasteiger partial charge in [-0.25, -0.2) is 4.98 Å². The number of hydrogen-bond donors (Lipinski definition) is 0. The molecule has 5 heteroatoms. The van der Waals surface area contributed by atoms with Crippen LogP contribution in [0.3, 0.4) is 0 Å². The number of nitrogens with zero attached hydrogens (tertiary/aromatic N) is 3. The highest BCUT2D eigenvalue weighted by molar-refractivity contribution is 6.19. The maximum absolute atomic E-state index is 6.39. The lowest BCUT2D eigenvalue weighted by atomic mass is 10.0. The maximum atomic E-state index is 6.39. The predicted molar refractivity (Wildman–Crippen MR) is 239 cm³/mol. The molecule has 0 aliphatic carbocycles. The van der Waals surface area contributed by atoms with Crippen LogP contribution in [0.25, 0.3) is 93.9 Å². The third-order valence-corrected chi connectivity index (χ3v) is 11.4. The van der Waals surface area contributed by atoms with Crippen LogP contribution in [0.5, 0.6) is 0 Å². The van der Waals surface area contributed by atoms with E-state index in [-0.39, 0.29) is 0 Å². The van der Waals surface area contributed by atoms with Gasteiger partial charge in [-0.3, -0.25) is 0 Å². The quantitative estimate of drug-likeness (QED) is 0.170. The molecule has 0 aliphatic rings. The van der Waals surface area contributed by atoms with Crippen molar-refractivity contribution in [2.75, 3.05) is 4.90 Å². The predicted octanol–water partition coefficient (Wildman–Crippen LogP) is 14.8. The van der Waals surface area contributed by atoms with Gasteiger partial charge in [-0.05, 0) is 95.4 Å². The molecule has 12 aromatic rings. The van der Waals surface area contributed by atoms with Gasteiger partial charge in [-0.15, -0.1) is 0 Å². The third kappa shape index (κ3) is 5.14. The second-order valence-electron chi connectivity index (χ2n) is 14.8. The lowest BCUT2D eigenvalue weighted by Gasteiger charge is -2.26. The van der Waals surface area contributed by atoms with E-state index in [4.69, 9.17) is 13.8 Å². The zero-order valence-corrected chi connectivity index (χ0v) is 31.2. The number of rotatable bonds is 6. The highest BCUT2D eigenvalue weighted by Crippen LogP contribution is 2.43. The van der Waals surface area contributed by atoms with Crippen LogP contribution < -0.4 is 4.90 Å². The van der Waals surface area contributed by atoms with Crippen LogP contribution in [0, 0.1) is 0 Å². The number of furan rings is 1. The summed E-state index contributed by atoms with van der Waals surface area (Å²) in [5.74, 6) is 0.589. The number of aromatic nitrogens is 2. The van der Waals surface area contributed by atoms with Gasteiger partial charge in [0.05, 0.1) is 11.0 Å². The van der Waals surface area contributed by atoms with Crippen LogP contribution in [-0.4, -0.2) is 9.55 Å². The molecular formula is C53H33N3O2. The van der Waals surface area contributed by atoms with Crippen molar-refractivity contribution in [2.45, 2.75) is 0 Å². The Hall–Kier alpha value is -7.89. The lowest BCUT2D eigenvalue weighted by molar-refractivity contribution is 0.620. The molecule has 0 saturated heterocycles. The molecule has 0 spiro atoms. The van der Waals surface area contributed by atoms with Gasteiger partial charge in [0.1, 0.15) is 16.7 Å². The van der Waals surface area contributed by atoms with Gasteiger partial charge < -0.3 is 18.3 Å². The van der Waals surface area contributed by atoms with E-state index in [0.717, 1.165) is 72.4 Å². The van der Waals surface area contributed by atoms with Crippen LogP contribution >= 0.6 is 0 Å². The molecular weight excluding hydrogens is 711 g/mol. The van der Waals surface area contributed by atoms with E-state index in [1.54, 1.807) is 0 Å². The Kier molecular flexibility index (Phi) is 7.16. The second kappa shape index (κ2) is 12.8. The van der Waals surface area contributed by atoms with Crippen molar-refractivity contribution in [1.29, 1.82) is 0 Å². The fourth-order valence-electron chi connectivity index (χ4n) is 8.67. The molecule has 0 unspecified atom stereocenters. The Labute approximate surface area is 333 Å². The fourth-order valence-corrected chi connectivity index (χ4v) is 8.67. The first-order valence-electron chi connectivity index (χ1n) is 19.5. The molecule has 12 rings (SSSR count). The van der Waals surface area contributed by atoms with Crippen molar-refractivity contribution < 1.29 is 8.83 Å². The summed E-state index contributed by atoms with van der Waals surface area (Å²) in [5, 5.41) is 6.99. The van der Waals surface area contributed by atoms with Gasteiger partial charge in [-0.2, -0.15) is 0 Å². The molecule has 0 fully saturated rings. The summed E-state index contributed by atoms with van der Waals surface area (Å²) in [5.41, 5.74) is 12.9. The average molecular weight is 744 g/mol. The van der Waals surface area contributed by atoms with Crippen molar-refractivity contribution in [1.82, 2.24) is 9.55 Å². The summed E-state index contributed by atoms with van der Waals surface area (Å²) in [7, 11) is 0. The first kappa shape index (κ1) is 32.4. The molecule has 3 heterocycles. The smallest absolute Gasteiger partial charge is 0.227 e. The molecule has 0 atom stereocenters. The SMILES string of the molecule is c1ccc(-c2ccc(-c3nc4cc(N(c5ccc6oc7ccccc7c6c5)c5ccc6c7ccc8ccccc8c7n(-c7ccccc7)c6c5)ccc4o3)cc2)cc1. The van der Waals surface area contributed by atoms with Crippen LogP contribution in [0.1, 0.15) is 0 Å². The Morgan fingerprint density at radius 1 is 0.397 bits per heavy atom. The maximum Gasteiger partial charge on any atom is 0.227 e. The summed E-state index contributed by atoms with van der Waals surface area (Å²) >= 11 is 0. The van der Waals surface area contributed by atoms with Crippen molar-refractivity contribution in [3.63, 3.8) is 0 Å². The van der Waals surface area contributed by atoms with Crippen LogP contribution in [-0.2, 0) is 0 Å². The minimum atomic E-state index is 0.589. The molecule has 0 bridgehead atoms. The average Bonchev–Trinajstić information content (AvgIpc) is 3.99. The van der Waals surface area contributed by atoms with Crippen LogP contribution in [0.4, 0.5) is 17.1 Å². The summed E-state index contributed by atoms with van der Waals surface area (Å²) in [6.45, 7) is 0. The molecule has 58 heavy (non-hydrogen) atoms. The van der Waals surface area contributed by atoms with E-state index in [2.05, 4.69) is 185 Å². The minimum absolute atomic E-state index is 0.589. The molecule has 9 aromatic carbocycles. The number of anilines is 3.